The molecule has 3 rings (SSSR count). The SMILES string of the molecule is COC(=O)Cn1nc(-c2ccc(F)cc2)nc1-c1ccc(F)cn1. The maximum absolute atomic E-state index is 13.1. The van der Waals surface area contributed by atoms with E-state index in [1.54, 1.807) is 0 Å². The fourth-order valence-corrected chi connectivity index (χ4v) is 2.06. The van der Waals surface area contributed by atoms with Gasteiger partial charge in [0.05, 0.1) is 13.3 Å². The van der Waals surface area contributed by atoms with Crippen LogP contribution >= 0.6 is 0 Å². The van der Waals surface area contributed by atoms with Crippen LogP contribution in [-0.2, 0) is 16.1 Å². The smallest absolute Gasteiger partial charge is 0.327 e. The molecule has 0 unspecified atom stereocenters. The summed E-state index contributed by atoms with van der Waals surface area (Å²) in [6.45, 7) is -0.181. The molecule has 122 valence electrons. The fourth-order valence-electron chi connectivity index (χ4n) is 2.06. The van der Waals surface area contributed by atoms with E-state index in [9.17, 15) is 13.6 Å². The molecule has 2 heterocycles. The Balaban J connectivity index is 2.06. The molecule has 6 nitrogen and oxygen atoms in total. The van der Waals surface area contributed by atoms with Gasteiger partial charge in [0.1, 0.15) is 23.9 Å². The quantitative estimate of drug-likeness (QED) is 0.687. The predicted molar refractivity (Wildman–Crippen MR) is 80.6 cm³/mol. The van der Waals surface area contributed by atoms with E-state index in [1.807, 2.05) is 0 Å². The summed E-state index contributed by atoms with van der Waals surface area (Å²) < 4.78 is 32.1. The Morgan fingerprint density at radius 2 is 1.83 bits per heavy atom. The molecule has 0 radical (unpaired) electrons. The molecule has 0 bridgehead atoms. The van der Waals surface area contributed by atoms with Crippen molar-refractivity contribution in [2.75, 3.05) is 7.11 Å². The first kappa shape index (κ1) is 15.7. The second-order valence-corrected chi connectivity index (χ2v) is 4.86. The zero-order valence-electron chi connectivity index (χ0n) is 12.6. The van der Waals surface area contributed by atoms with Crippen LogP contribution in [0.4, 0.5) is 8.78 Å². The lowest BCUT2D eigenvalue weighted by atomic mass is 10.2. The van der Waals surface area contributed by atoms with Gasteiger partial charge in [0, 0.05) is 5.56 Å². The molecular weight excluding hydrogens is 318 g/mol. The van der Waals surface area contributed by atoms with Gasteiger partial charge in [-0.2, -0.15) is 0 Å². The minimum atomic E-state index is -0.520. The van der Waals surface area contributed by atoms with Crippen molar-refractivity contribution in [1.29, 1.82) is 0 Å². The number of nitrogens with zero attached hydrogens (tertiary/aromatic N) is 4. The van der Waals surface area contributed by atoms with Crippen molar-refractivity contribution < 1.29 is 18.3 Å². The topological polar surface area (TPSA) is 69.9 Å². The van der Waals surface area contributed by atoms with Gasteiger partial charge >= 0.3 is 5.97 Å². The lowest BCUT2D eigenvalue weighted by molar-refractivity contribution is -0.141. The third kappa shape index (κ3) is 3.27. The van der Waals surface area contributed by atoms with Crippen LogP contribution in [0.15, 0.2) is 42.6 Å². The highest BCUT2D eigenvalue weighted by Crippen LogP contribution is 2.21. The first-order valence-corrected chi connectivity index (χ1v) is 6.96. The number of carbonyl (C=O) groups excluding carboxylic acids is 1. The van der Waals surface area contributed by atoms with Gasteiger partial charge in [-0.25, -0.2) is 23.4 Å². The molecule has 0 spiro atoms. The highest BCUT2D eigenvalue weighted by Gasteiger charge is 2.17. The van der Waals surface area contributed by atoms with Crippen molar-refractivity contribution in [3.8, 4) is 22.9 Å². The second-order valence-electron chi connectivity index (χ2n) is 4.86. The van der Waals surface area contributed by atoms with Gasteiger partial charge in [-0.15, -0.1) is 5.10 Å². The van der Waals surface area contributed by atoms with Crippen molar-refractivity contribution in [2.45, 2.75) is 6.54 Å². The van der Waals surface area contributed by atoms with Gasteiger partial charge in [-0.05, 0) is 36.4 Å². The van der Waals surface area contributed by atoms with Crippen molar-refractivity contribution in [3.63, 3.8) is 0 Å². The van der Waals surface area contributed by atoms with Gasteiger partial charge in [-0.1, -0.05) is 0 Å². The lowest BCUT2D eigenvalue weighted by Gasteiger charge is -2.03. The zero-order valence-corrected chi connectivity index (χ0v) is 12.6. The number of pyridine rings is 1. The number of rotatable bonds is 4. The van der Waals surface area contributed by atoms with E-state index < -0.39 is 11.8 Å². The molecule has 0 aliphatic carbocycles. The van der Waals surface area contributed by atoms with E-state index in [0.717, 1.165) is 6.20 Å². The van der Waals surface area contributed by atoms with Gasteiger partial charge in [0.25, 0.3) is 0 Å². The van der Waals surface area contributed by atoms with E-state index >= 15 is 0 Å². The largest absolute Gasteiger partial charge is 0.468 e. The predicted octanol–water partition coefficient (Wildman–Crippen LogP) is 2.46. The maximum Gasteiger partial charge on any atom is 0.327 e. The molecule has 8 heteroatoms. The standard InChI is InChI=1S/C16H12F2N4O2/c1-24-14(23)9-22-16(13-7-6-12(18)8-19-13)20-15(21-22)10-2-4-11(17)5-3-10/h2-8H,9H2,1H3. The van der Waals surface area contributed by atoms with Crippen LogP contribution in [0.25, 0.3) is 22.9 Å². The highest BCUT2D eigenvalue weighted by molar-refractivity contribution is 5.70. The number of esters is 1. The summed E-state index contributed by atoms with van der Waals surface area (Å²) in [6.07, 6.45) is 1.05. The number of aromatic nitrogens is 4. The summed E-state index contributed by atoms with van der Waals surface area (Å²) in [5.74, 6) is -0.821. The summed E-state index contributed by atoms with van der Waals surface area (Å²) in [7, 11) is 1.26. The van der Waals surface area contributed by atoms with E-state index in [1.165, 1.54) is 48.2 Å². The van der Waals surface area contributed by atoms with Crippen LogP contribution in [0.1, 0.15) is 0 Å². The van der Waals surface area contributed by atoms with Crippen LogP contribution in [0.2, 0.25) is 0 Å². The third-order valence-electron chi connectivity index (χ3n) is 3.24. The maximum atomic E-state index is 13.1. The molecule has 0 aliphatic rings. The van der Waals surface area contributed by atoms with Crippen LogP contribution in [-0.4, -0.2) is 32.8 Å². The Bertz CT molecular complexity index is 861. The van der Waals surface area contributed by atoms with Gasteiger partial charge in [0.2, 0.25) is 0 Å². The Hall–Kier alpha value is -3.16. The Morgan fingerprint density at radius 1 is 1.12 bits per heavy atom. The monoisotopic (exact) mass is 330 g/mol. The van der Waals surface area contributed by atoms with E-state index in [-0.39, 0.29) is 18.2 Å². The fraction of sp³-hybridized carbons (Fsp3) is 0.125. The molecule has 0 N–H and O–H groups in total. The molecule has 0 saturated heterocycles. The minimum absolute atomic E-state index is 0.181. The number of halogens is 2. The number of methoxy groups -OCH3 is 1. The number of benzene rings is 1. The van der Waals surface area contributed by atoms with Crippen LogP contribution in [0.3, 0.4) is 0 Å². The molecular formula is C16H12F2N4O2. The highest BCUT2D eigenvalue weighted by atomic mass is 19.1. The van der Waals surface area contributed by atoms with Crippen molar-refractivity contribution in [1.82, 2.24) is 19.7 Å². The summed E-state index contributed by atoms with van der Waals surface area (Å²) in [5, 5.41) is 4.25. The average Bonchev–Trinajstić information content (AvgIpc) is 3.00. The summed E-state index contributed by atoms with van der Waals surface area (Å²) >= 11 is 0. The molecule has 0 fully saturated rings. The summed E-state index contributed by atoms with van der Waals surface area (Å²) in [5.41, 5.74) is 0.921. The Kier molecular flexibility index (Phi) is 4.28. The summed E-state index contributed by atoms with van der Waals surface area (Å²) in [4.78, 5) is 19.9. The number of hydrogen-bond acceptors (Lipinski definition) is 5. The van der Waals surface area contributed by atoms with Crippen LogP contribution in [0, 0.1) is 11.6 Å². The Morgan fingerprint density at radius 3 is 2.46 bits per heavy atom. The number of ether oxygens (including phenoxy) is 1. The molecule has 0 amide bonds. The van der Waals surface area contributed by atoms with Crippen LogP contribution < -0.4 is 0 Å². The molecule has 1 aromatic carbocycles. The van der Waals surface area contributed by atoms with E-state index in [4.69, 9.17) is 0 Å². The molecule has 0 saturated carbocycles. The van der Waals surface area contributed by atoms with Gasteiger partial charge in [-0.3, -0.25) is 4.79 Å². The summed E-state index contributed by atoms with van der Waals surface area (Å²) in [6, 6.07) is 8.28. The molecule has 3 aromatic rings. The van der Waals surface area contributed by atoms with E-state index in [0.29, 0.717) is 17.1 Å². The molecule has 0 aliphatic heterocycles. The average molecular weight is 330 g/mol. The first-order valence-electron chi connectivity index (χ1n) is 6.96. The zero-order chi connectivity index (χ0) is 17.1. The minimum Gasteiger partial charge on any atom is -0.468 e. The molecule has 0 atom stereocenters. The second kappa shape index (κ2) is 6.53. The number of carbonyl (C=O) groups is 1. The Labute approximate surface area is 135 Å². The van der Waals surface area contributed by atoms with Crippen LogP contribution in [0.5, 0.6) is 0 Å². The first-order chi connectivity index (χ1) is 11.6. The molecule has 2 aromatic heterocycles. The third-order valence-corrected chi connectivity index (χ3v) is 3.24. The van der Waals surface area contributed by atoms with Gasteiger partial charge < -0.3 is 4.74 Å². The number of hydrogen-bond donors (Lipinski definition) is 0. The normalized spacial score (nSPS) is 10.6. The molecule has 24 heavy (non-hydrogen) atoms. The van der Waals surface area contributed by atoms with Crippen molar-refractivity contribution >= 4 is 5.97 Å². The van der Waals surface area contributed by atoms with Gasteiger partial charge in [0.15, 0.2) is 11.6 Å². The van der Waals surface area contributed by atoms with E-state index in [2.05, 4.69) is 19.8 Å². The van der Waals surface area contributed by atoms with Crippen molar-refractivity contribution in [2.24, 2.45) is 0 Å². The lowest BCUT2D eigenvalue weighted by Crippen LogP contribution is -2.14. The van der Waals surface area contributed by atoms with Crippen molar-refractivity contribution in [3.05, 3.63) is 54.2 Å².